The molecule has 1 N–H and O–H groups in total. The number of hydrogen-bond acceptors (Lipinski definition) is 11. The molecule has 0 unspecified atom stereocenters. The molecule has 0 aromatic rings. The van der Waals surface area contributed by atoms with E-state index in [0.29, 0.717) is 6.42 Å². The van der Waals surface area contributed by atoms with E-state index in [1.807, 2.05) is 25.7 Å². The molecule has 2 bridgehead atoms. The van der Waals surface area contributed by atoms with Gasteiger partial charge in [0.05, 0.1) is 42.9 Å². The van der Waals surface area contributed by atoms with E-state index in [4.69, 9.17) is 28.7 Å². The van der Waals surface area contributed by atoms with E-state index in [9.17, 15) is 19.5 Å². The number of aliphatic hydroxyl groups is 1. The van der Waals surface area contributed by atoms with Crippen molar-refractivity contribution in [1.82, 2.24) is 9.80 Å². The van der Waals surface area contributed by atoms with E-state index in [-0.39, 0.29) is 50.6 Å². The number of carbonyl (C=O) groups is 3. The van der Waals surface area contributed by atoms with Crippen LogP contribution in [0.4, 0.5) is 13.6 Å². The van der Waals surface area contributed by atoms with Crippen molar-refractivity contribution in [1.29, 1.82) is 0 Å². The fourth-order valence-corrected chi connectivity index (χ4v) is 8.32. The van der Waals surface area contributed by atoms with Gasteiger partial charge in [0.25, 0.3) is 0 Å². The summed E-state index contributed by atoms with van der Waals surface area (Å²) >= 11 is 0. The van der Waals surface area contributed by atoms with Crippen LogP contribution in [0.5, 0.6) is 0 Å². The average molecular weight is 686 g/mol. The van der Waals surface area contributed by atoms with Crippen LogP contribution >= 0.6 is 0 Å². The van der Waals surface area contributed by atoms with Gasteiger partial charge in [0.15, 0.2) is 11.9 Å². The Labute approximate surface area is 282 Å². The first kappa shape index (κ1) is 38.3. The first-order chi connectivity index (χ1) is 22.3. The Morgan fingerprint density at radius 3 is 2.42 bits per heavy atom. The van der Waals surface area contributed by atoms with Gasteiger partial charge in [0.1, 0.15) is 12.2 Å². The van der Waals surface area contributed by atoms with Crippen LogP contribution in [0.15, 0.2) is 17.6 Å². The molecule has 12 nitrogen and oxygen atoms in total. The molecule has 3 saturated heterocycles. The summed E-state index contributed by atoms with van der Waals surface area (Å²) in [5, 5.41) is 11.3. The predicted molar refractivity (Wildman–Crippen MR) is 172 cm³/mol. The molecule has 4 heterocycles. The van der Waals surface area contributed by atoms with E-state index < -0.39 is 77.4 Å². The van der Waals surface area contributed by atoms with E-state index in [2.05, 4.69) is 6.58 Å². The third kappa shape index (κ3) is 6.92. The molecule has 48 heavy (non-hydrogen) atoms. The van der Waals surface area contributed by atoms with Gasteiger partial charge in [-0.2, -0.15) is 8.78 Å². The van der Waals surface area contributed by atoms with Crippen LogP contribution in [0.25, 0.3) is 0 Å². The zero-order valence-electron chi connectivity index (χ0n) is 29.6. The number of ketones is 1. The lowest BCUT2D eigenvalue weighted by atomic mass is 9.73. The fourth-order valence-electron chi connectivity index (χ4n) is 8.32. The molecule has 0 radical (unpaired) electrons. The number of carbonyl (C=O) groups excluding carboxylic acids is 3. The highest BCUT2D eigenvalue weighted by Crippen LogP contribution is 2.44. The van der Waals surface area contributed by atoms with Gasteiger partial charge in [-0.25, -0.2) is 9.59 Å². The van der Waals surface area contributed by atoms with Crippen LogP contribution in [0.2, 0.25) is 0 Å². The van der Waals surface area contributed by atoms with Crippen LogP contribution in [-0.2, 0) is 33.3 Å². The van der Waals surface area contributed by atoms with Gasteiger partial charge in [0.2, 0.25) is 5.78 Å². The van der Waals surface area contributed by atoms with Crippen molar-refractivity contribution in [3.8, 4) is 0 Å². The Bertz CT molecular complexity index is 1270. The number of halogens is 2. The first-order valence-electron chi connectivity index (χ1n) is 16.9. The van der Waals surface area contributed by atoms with Gasteiger partial charge in [-0.3, -0.25) is 14.7 Å². The number of alkyl halides is 2. The summed E-state index contributed by atoms with van der Waals surface area (Å²) in [5.74, 6) is -10.9. The smallest absolute Gasteiger partial charge is 0.410 e. The molecule has 0 spiro atoms. The Balaban J connectivity index is 1.88. The molecule has 4 aliphatic heterocycles. The standard InChI is InChI=1S/C34H53F2N3O9/c1-11-15-44-32(7)17-18(3)24-20(5)26-33(8,48-31(43)39(26)14-13-37-24)23(12-2)46-30(42)34(35,36)27(41)21(6)28(32)47-29-25(40)22(38(9)10)16-19(4)45-29/h11,18-23,25-26,28-29,40H,1,12-17H2,2-10H3/t18-,19-,20-,21+,22+,23+,25-,26-,28-,29+,32+,33-/m1/s1. The molecule has 12 atom stereocenters. The van der Waals surface area contributed by atoms with Crippen molar-refractivity contribution in [3.05, 3.63) is 12.7 Å². The first-order valence-corrected chi connectivity index (χ1v) is 16.9. The van der Waals surface area contributed by atoms with Gasteiger partial charge in [-0.15, -0.1) is 6.58 Å². The van der Waals surface area contributed by atoms with Crippen LogP contribution in [0.1, 0.15) is 67.7 Å². The van der Waals surface area contributed by atoms with E-state index in [1.165, 1.54) is 17.9 Å². The number of fused-ring (bicyclic) bond motifs is 1. The molecule has 0 aromatic heterocycles. The highest BCUT2D eigenvalue weighted by molar-refractivity contribution is 6.06. The number of amides is 1. The molecule has 1 amide bonds. The predicted octanol–water partition coefficient (Wildman–Crippen LogP) is 3.63. The van der Waals surface area contributed by atoms with E-state index in [0.717, 1.165) is 5.71 Å². The summed E-state index contributed by atoms with van der Waals surface area (Å²) in [4.78, 5) is 48.6. The fraction of sp³-hybridized carbons (Fsp3) is 0.824. The van der Waals surface area contributed by atoms with Gasteiger partial charge in [0, 0.05) is 24.2 Å². The summed E-state index contributed by atoms with van der Waals surface area (Å²) in [6.07, 6.45) is -4.11. The second-order valence-corrected chi connectivity index (χ2v) is 14.5. The lowest BCUT2D eigenvalue weighted by molar-refractivity contribution is -0.297. The Kier molecular flexibility index (Phi) is 11.5. The number of cyclic esters (lactones) is 1. The average Bonchev–Trinajstić information content (AvgIpc) is 3.14. The van der Waals surface area contributed by atoms with Crippen molar-refractivity contribution in [3.63, 3.8) is 0 Å². The molecule has 14 heteroatoms. The minimum atomic E-state index is -4.60. The molecule has 0 aliphatic carbocycles. The Morgan fingerprint density at radius 1 is 1.15 bits per heavy atom. The second kappa shape index (κ2) is 14.4. The summed E-state index contributed by atoms with van der Waals surface area (Å²) in [6, 6.07) is -1.10. The van der Waals surface area contributed by atoms with Gasteiger partial charge in [-0.05, 0) is 60.0 Å². The number of ether oxygens (including phenoxy) is 5. The van der Waals surface area contributed by atoms with E-state index in [1.54, 1.807) is 34.9 Å². The minimum Gasteiger partial charge on any atom is -0.453 e. The molecular formula is C34H53F2N3O9. The number of aliphatic hydroxyl groups excluding tert-OH is 1. The van der Waals surface area contributed by atoms with Crippen molar-refractivity contribution in [2.75, 3.05) is 33.8 Å². The van der Waals surface area contributed by atoms with Crippen molar-refractivity contribution in [2.45, 2.75) is 128 Å². The molecule has 3 fully saturated rings. The molecule has 0 saturated carbocycles. The van der Waals surface area contributed by atoms with Crippen molar-refractivity contribution in [2.24, 2.45) is 22.7 Å². The molecular weight excluding hydrogens is 632 g/mol. The number of esters is 1. The summed E-state index contributed by atoms with van der Waals surface area (Å²) in [5.41, 5.74) is -2.25. The highest BCUT2D eigenvalue weighted by atomic mass is 19.3. The maximum atomic E-state index is 16.0. The van der Waals surface area contributed by atoms with Crippen LogP contribution in [-0.4, -0.2) is 132 Å². The zero-order valence-corrected chi connectivity index (χ0v) is 29.6. The third-order valence-corrected chi connectivity index (χ3v) is 10.6. The number of rotatable bonds is 7. The third-order valence-electron chi connectivity index (χ3n) is 10.6. The second-order valence-electron chi connectivity index (χ2n) is 14.5. The van der Waals surface area contributed by atoms with Crippen molar-refractivity contribution < 1.29 is 52.0 Å². The Hall–Kier alpha value is -2.52. The number of hydrogen-bond donors (Lipinski definition) is 1. The minimum absolute atomic E-state index is 0.0236. The molecule has 272 valence electrons. The van der Waals surface area contributed by atoms with Crippen LogP contribution in [0, 0.1) is 17.8 Å². The lowest BCUT2D eigenvalue weighted by Crippen LogP contribution is -2.61. The van der Waals surface area contributed by atoms with Gasteiger partial charge < -0.3 is 33.7 Å². The maximum absolute atomic E-state index is 16.0. The normalized spacial score (nSPS) is 42.4. The van der Waals surface area contributed by atoms with Crippen LogP contribution in [0.3, 0.4) is 0 Å². The maximum Gasteiger partial charge on any atom is 0.410 e. The summed E-state index contributed by atoms with van der Waals surface area (Å²) < 4.78 is 62.1. The largest absolute Gasteiger partial charge is 0.453 e. The molecule has 4 rings (SSSR count). The highest BCUT2D eigenvalue weighted by Gasteiger charge is 2.63. The summed E-state index contributed by atoms with van der Waals surface area (Å²) in [7, 11) is 3.60. The molecule has 0 aromatic carbocycles. The summed E-state index contributed by atoms with van der Waals surface area (Å²) in [6.45, 7) is 16.0. The van der Waals surface area contributed by atoms with Crippen LogP contribution < -0.4 is 0 Å². The lowest BCUT2D eigenvalue weighted by Gasteiger charge is -2.47. The van der Waals surface area contributed by atoms with Gasteiger partial charge >= 0.3 is 18.0 Å². The topological polar surface area (TPSA) is 136 Å². The molecule has 4 aliphatic rings. The Morgan fingerprint density at radius 2 is 1.81 bits per heavy atom. The number of Topliss-reactive ketones (excluding diaryl/α,β-unsaturated/α-hetero) is 1. The van der Waals surface area contributed by atoms with E-state index >= 15 is 8.78 Å². The van der Waals surface area contributed by atoms with Crippen molar-refractivity contribution >= 4 is 23.6 Å². The zero-order chi connectivity index (χ0) is 35.9. The van der Waals surface area contributed by atoms with Gasteiger partial charge in [-0.1, -0.05) is 33.8 Å². The number of likely N-dealkylation sites (N-methyl/N-ethyl adjacent to an activating group) is 1. The monoisotopic (exact) mass is 685 g/mol. The number of aliphatic imine (C=N–C) groups is 1. The number of nitrogens with zero attached hydrogens (tertiary/aromatic N) is 3. The quantitative estimate of drug-likeness (QED) is 0.240. The SMILES string of the molecule is C=CCO[C@@]1(C)C[C@@H](C)C2=NCCN3C(=O)O[C@](C)([C@H](CC)OC(=O)C(F)(F)C(=O)[C@H](C)[C@H]1O[C@@H]1O[C@H](C)C[C@H](N(C)C)[C@H]1O)[C@H]3[C@@H]2C.